The highest BCUT2D eigenvalue weighted by molar-refractivity contribution is 4.79. The van der Waals surface area contributed by atoms with Gasteiger partial charge in [0.05, 0.1) is 13.1 Å². The molecule has 0 saturated heterocycles. The molecule has 146 valence electrons. The lowest BCUT2D eigenvalue weighted by atomic mass is 10.1. The van der Waals surface area contributed by atoms with E-state index in [1.54, 1.807) is 0 Å². The average molecular weight is 350 g/mol. The van der Waals surface area contributed by atoms with Crippen molar-refractivity contribution in [3.63, 3.8) is 0 Å². The highest BCUT2D eigenvalue weighted by Gasteiger charge is 2.11. The second-order valence-electron chi connectivity index (χ2n) is 7.83. The van der Waals surface area contributed by atoms with Gasteiger partial charge in [-0.3, -0.25) is 0 Å². The molecule has 2 heteroatoms. The summed E-state index contributed by atoms with van der Waals surface area (Å²) in [6.45, 7) is 9.24. The molecule has 1 aromatic rings. The van der Waals surface area contributed by atoms with Crippen molar-refractivity contribution in [1.29, 1.82) is 0 Å². The van der Waals surface area contributed by atoms with Crippen LogP contribution in [-0.4, -0.2) is 4.57 Å². The van der Waals surface area contributed by atoms with Crippen molar-refractivity contribution in [2.45, 2.75) is 130 Å². The molecule has 1 aromatic heterocycles. The molecule has 0 atom stereocenters. The van der Waals surface area contributed by atoms with E-state index in [0.29, 0.717) is 0 Å². The number of aryl methyl sites for hydroxylation is 2. The molecule has 0 aromatic carbocycles. The molecular weight excluding hydrogens is 304 g/mol. The minimum Gasteiger partial charge on any atom is -0.234 e. The molecule has 0 radical (unpaired) electrons. The Labute approximate surface area is 158 Å². The molecule has 0 saturated carbocycles. The van der Waals surface area contributed by atoms with Gasteiger partial charge in [0.15, 0.2) is 0 Å². The maximum absolute atomic E-state index is 2.45. The fourth-order valence-electron chi connectivity index (χ4n) is 3.67. The lowest BCUT2D eigenvalue weighted by Crippen LogP contribution is -2.35. The van der Waals surface area contributed by atoms with Crippen LogP contribution in [0.4, 0.5) is 0 Å². The third kappa shape index (κ3) is 10.7. The van der Waals surface area contributed by atoms with Crippen LogP contribution in [0, 0.1) is 6.92 Å². The van der Waals surface area contributed by atoms with E-state index in [9.17, 15) is 0 Å². The number of aromatic nitrogens is 2. The zero-order valence-electron chi connectivity index (χ0n) is 17.6. The molecule has 25 heavy (non-hydrogen) atoms. The molecule has 0 unspecified atom stereocenters. The molecule has 0 aliphatic carbocycles. The van der Waals surface area contributed by atoms with Crippen LogP contribution >= 0.6 is 0 Å². The van der Waals surface area contributed by atoms with Gasteiger partial charge in [0.1, 0.15) is 12.4 Å². The van der Waals surface area contributed by atoms with Crippen molar-refractivity contribution in [1.82, 2.24) is 4.57 Å². The van der Waals surface area contributed by atoms with Crippen molar-refractivity contribution in [3.05, 3.63) is 18.2 Å². The fourth-order valence-corrected chi connectivity index (χ4v) is 3.67. The lowest BCUT2D eigenvalue weighted by molar-refractivity contribution is -0.702. The van der Waals surface area contributed by atoms with Crippen LogP contribution in [0.2, 0.25) is 0 Å². The molecule has 1 rings (SSSR count). The zero-order valence-corrected chi connectivity index (χ0v) is 17.6. The zero-order chi connectivity index (χ0) is 18.2. The summed E-state index contributed by atoms with van der Waals surface area (Å²) in [7, 11) is 0. The molecule has 0 aliphatic rings. The smallest absolute Gasteiger partial charge is 0.234 e. The topological polar surface area (TPSA) is 8.81 Å². The molecular formula is C23H45N2+. The third-order valence-corrected chi connectivity index (χ3v) is 5.51. The minimum absolute atomic E-state index is 1.19. The van der Waals surface area contributed by atoms with Crippen LogP contribution in [-0.2, 0) is 13.1 Å². The summed E-state index contributed by atoms with van der Waals surface area (Å²) in [5.41, 5.74) is 0. The lowest BCUT2D eigenvalue weighted by Gasteiger charge is -2.03. The van der Waals surface area contributed by atoms with Gasteiger partial charge in [-0.15, -0.1) is 0 Å². The third-order valence-electron chi connectivity index (χ3n) is 5.51. The number of unbranched alkanes of at least 4 members (excludes halogenated alkanes) is 13. The Morgan fingerprint density at radius 3 is 1.72 bits per heavy atom. The second kappa shape index (κ2) is 15.5. The van der Waals surface area contributed by atoms with Gasteiger partial charge >= 0.3 is 0 Å². The van der Waals surface area contributed by atoms with Crippen molar-refractivity contribution >= 4 is 0 Å². The first-order valence-electron chi connectivity index (χ1n) is 11.3. The molecule has 0 bridgehead atoms. The van der Waals surface area contributed by atoms with Gasteiger partial charge in [-0.2, -0.15) is 0 Å². The highest BCUT2D eigenvalue weighted by Crippen LogP contribution is 2.11. The van der Waals surface area contributed by atoms with E-state index in [1.807, 2.05) is 0 Å². The molecule has 0 fully saturated rings. The summed E-state index contributed by atoms with van der Waals surface area (Å²) in [5.74, 6) is 1.43. The van der Waals surface area contributed by atoms with Crippen LogP contribution in [0.1, 0.15) is 116 Å². The van der Waals surface area contributed by atoms with Gasteiger partial charge in [-0.25, -0.2) is 9.13 Å². The van der Waals surface area contributed by atoms with E-state index < -0.39 is 0 Å². The van der Waals surface area contributed by atoms with Crippen LogP contribution in [0.25, 0.3) is 0 Å². The Morgan fingerprint density at radius 1 is 0.680 bits per heavy atom. The monoisotopic (exact) mass is 349 g/mol. The van der Waals surface area contributed by atoms with Crippen molar-refractivity contribution in [2.75, 3.05) is 0 Å². The number of hydrogen-bond acceptors (Lipinski definition) is 0. The number of imidazole rings is 1. The summed E-state index contributed by atoms with van der Waals surface area (Å²) in [5, 5.41) is 0. The van der Waals surface area contributed by atoms with Crippen molar-refractivity contribution < 1.29 is 4.57 Å². The summed E-state index contributed by atoms with van der Waals surface area (Å²) < 4.78 is 4.89. The minimum atomic E-state index is 1.19. The SMILES string of the molecule is CCCCCCCCCCCCC[n+]1ccn(CCCCCC)c1C. The molecule has 0 aliphatic heterocycles. The average Bonchev–Trinajstić information content (AvgIpc) is 2.97. The molecule has 1 heterocycles. The van der Waals surface area contributed by atoms with E-state index in [0.717, 1.165) is 0 Å². The normalized spacial score (nSPS) is 11.3. The Kier molecular flexibility index (Phi) is 13.8. The van der Waals surface area contributed by atoms with Crippen molar-refractivity contribution in [2.24, 2.45) is 0 Å². The summed E-state index contributed by atoms with van der Waals surface area (Å²) in [4.78, 5) is 0. The summed E-state index contributed by atoms with van der Waals surface area (Å²) >= 11 is 0. The van der Waals surface area contributed by atoms with Crippen molar-refractivity contribution in [3.8, 4) is 0 Å². The molecule has 0 amide bonds. The maximum Gasteiger partial charge on any atom is 0.253 e. The van der Waals surface area contributed by atoms with E-state index in [-0.39, 0.29) is 0 Å². The standard InChI is InChI=1S/C23H45N2/c1-4-6-8-10-11-12-13-14-15-16-18-20-25-22-21-24(23(25)3)19-17-9-7-5-2/h21-22H,4-20H2,1-3H3/q+1. The highest BCUT2D eigenvalue weighted by atomic mass is 15.1. The van der Waals surface area contributed by atoms with E-state index >= 15 is 0 Å². The first kappa shape index (κ1) is 22.3. The van der Waals surface area contributed by atoms with Crippen LogP contribution < -0.4 is 4.57 Å². The number of hydrogen-bond donors (Lipinski definition) is 0. The molecule has 0 N–H and O–H groups in total. The van der Waals surface area contributed by atoms with Gasteiger partial charge in [0, 0.05) is 6.92 Å². The second-order valence-corrected chi connectivity index (χ2v) is 7.83. The Hall–Kier alpha value is -0.790. The molecule has 2 nitrogen and oxygen atoms in total. The molecule has 0 spiro atoms. The Balaban J connectivity index is 2.00. The van der Waals surface area contributed by atoms with E-state index in [2.05, 4.69) is 42.3 Å². The van der Waals surface area contributed by atoms with E-state index in [1.165, 1.54) is 115 Å². The van der Waals surface area contributed by atoms with Crippen LogP contribution in [0.3, 0.4) is 0 Å². The quantitative estimate of drug-likeness (QED) is 0.212. The maximum atomic E-state index is 2.45. The predicted molar refractivity (Wildman–Crippen MR) is 110 cm³/mol. The Morgan fingerprint density at radius 2 is 1.16 bits per heavy atom. The summed E-state index contributed by atoms with van der Waals surface area (Å²) in [6.07, 6.45) is 25.6. The Bertz CT molecular complexity index is 408. The predicted octanol–water partition coefficient (Wildman–Crippen LogP) is 6.98. The number of nitrogens with zero attached hydrogens (tertiary/aromatic N) is 2. The number of rotatable bonds is 17. The van der Waals surface area contributed by atoms with Crippen LogP contribution in [0.15, 0.2) is 12.4 Å². The largest absolute Gasteiger partial charge is 0.253 e. The van der Waals surface area contributed by atoms with E-state index in [4.69, 9.17) is 0 Å². The first-order chi connectivity index (χ1) is 12.3. The van der Waals surface area contributed by atoms with Gasteiger partial charge in [-0.05, 0) is 25.7 Å². The first-order valence-corrected chi connectivity index (χ1v) is 11.3. The van der Waals surface area contributed by atoms with Gasteiger partial charge in [-0.1, -0.05) is 84.5 Å². The fraction of sp³-hybridized carbons (Fsp3) is 0.870. The van der Waals surface area contributed by atoms with Gasteiger partial charge < -0.3 is 0 Å². The van der Waals surface area contributed by atoms with Gasteiger partial charge in [0.2, 0.25) is 0 Å². The van der Waals surface area contributed by atoms with Crippen LogP contribution in [0.5, 0.6) is 0 Å². The summed E-state index contributed by atoms with van der Waals surface area (Å²) in [6, 6.07) is 0. The van der Waals surface area contributed by atoms with Gasteiger partial charge in [0.25, 0.3) is 5.82 Å².